The van der Waals surface area contributed by atoms with Crippen molar-refractivity contribution >= 4 is 33.4 Å². The SMILES string of the molecule is O=C(CN1CCC[C@H]1c1nc2ccccc2s1)N1CCN(C(=O)C2CC2)CC1. The number of hydrogen-bond acceptors (Lipinski definition) is 5. The molecule has 2 amide bonds. The summed E-state index contributed by atoms with van der Waals surface area (Å²) in [5, 5.41) is 1.13. The molecule has 2 aromatic rings. The molecule has 0 spiro atoms. The molecule has 2 saturated heterocycles. The number of hydrogen-bond donors (Lipinski definition) is 0. The Bertz CT molecular complexity index is 852. The van der Waals surface area contributed by atoms with Gasteiger partial charge in [0.1, 0.15) is 5.01 Å². The second kappa shape index (κ2) is 7.44. The molecule has 6 nitrogen and oxygen atoms in total. The van der Waals surface area contributed by atoms with Gasteiger partial charge in [0.05, 0.1) is 22.8 Å². The lowest BCUT2D eigenvalue weighted by molar-refractivity contribution is -0.141. The van der Waals surface area contributed by atoms with E-state index >= 15 is 0 Å². The van der Waals surface area contributed by atoms with Crippen LogP contribution >= 0.6 is 11.3 Å². The van der Waals surface area contributed by atoms with Gasteiger partial charge in [0.2, 0.25) is 11.8 Å². The number of piperazine rings is 1. The quantitative estimate of drug-likeness (QED) is 0.794. The number of para-hydroxylation sites is 1. The molecule has 5 rings (SSSR count). The maximum atomic E-state index is 12.9. The first-order valence-corrected chi connectivity index (χ1v) is 11.2. The second-order valence-corrected chi connectivity index (χ2v) is 9.19. The van der Waals surface area contributed by atoms with Crippen LogP contribution in [0.1, 0.15) is 36.7 Å². The lowest BCUT2D eigenvalue weighted by Crippen LogP contribution is -2.52. The van der Waals surface area contributed by atoms with Crippen LogP contribution in [0.25, 0.3) is 10.2 Å². The van der Waals surface area contributed by atoms with E-state index < -0.39 is 0 Å². The fraction of sp³-hybridized carbons (Fsp3) is 0.571. The summed E-state index contributed by atoms with van der Waals surface area (Å²) < 4.78 is 1.21. The molecule has 7 heteroatoms. The number of carbonyl (C=O) groups excluding carboxylic acids is 2. The van der Waals surface area contributed by atoms with Gasteiger partial charge in [-0.2, -0.15) is 0 Å². The predicted octanol–water partition coefficient (Wildman–Crippen LogP) is 2.51. The first-order chi connectivity index (χ1) is 13.7. The molecule has 1 saturated carbocycles. The van der Waals surface area contributed by atoms with Gasteiger partial charge in [-0.25, -0.2) is 4.98 Å². The smallest absolute Gasteiger partial charge is 0.236 e. The normalized spacial score (nSPS) is 23.5. The van der Waals surface area contributed by atoms with Crippen molar-refractivity contribution in [1.29, 1.82) is 0 Å². The summed E-state index contributed by atoms with van der Waals surface area (Å²) in [6.07, 6.45) is 4.26. The Balaban J connectivity index is 1.20. The highest BCUT2D eigenvalue weighted by atomic mass is 32.1. The van der Waals surface area contributed by atoms with Gasteiger partial charge < -0.3 is 9.80 Å². The summed E-state index contributed by atoms with van der Waals surface area (Å²) in [5.74, 6) is 0.746. The van der Waals surface area contributed by atoms with E-state index in [1.165, 1.54) is 4.70 Å². The number of nitrogens with zero attached hydrogens (tertiary/aromatic N) is 4. The molecule has 0 radical (unpaired) electrons. The van der Waals surface area contributed by atoms with Crippen LogP contribution in [-0.2, 0) is 9.59 Å². The number of aromatic nitrogens is 1. The third kappa shape index (κ3) is 3.53. The molecule has 0 bridgehead atoms. The van der Waals surface area contributed by atoms with E-state index in [-0.39, 0.29) is 17.9 Å². The van der Waals surface area contributed by atoms with Crippen molar-refractivity contribution in [2.45, 2.75) is 31.7 Å². The van der Waals surface area contributed by atoms with Gasteiger partial charge in [-0.3, -0.25) is 14.5 Å². The minimum absolute atomic E-state index is 0.187. The molecule has 0 N–H and O–H groups in total. The monoisotopic (exact) mass is 398 g/mol. The average molecular weight is 399 g/mol. The van der Waals surface area contributed by atoms with E-state index in [1.807, 2.05) is 21.9 Å². The molecule has 1 atom stereocenters. The maximum absolute atomic E-state index is 12.9. The molecule has 3 heterocycles. The number of thiazole rings is 1. The van der Waals surface area contributed by atoms with E-state index in [0.717, 1.165) is 42.8 Å². The fourth-order valence-electron chi connectivity index (χ4n) is 4.37. The molecule has 0 unspecified atom stereocenters. The third-order valence-corrected chi connectivity index (χ3v) is 7.31. The van der Waals surface area contributed by atoms with E-state index in [1.54, 1.807) is 11.3 Å². The van der Waals surface area contributed by atoms with Gasteiger partial charge in [-0.1, -0.05) is 12.1 Å². The summed E-state index contributed by atoms with van der Waals surface area (Å²) in [6.45, 7) is 4.10. The van der Waals surface area contributed by atoms with E-state index in [2.05, 4.69) is 17.0 Å². The molecule has 148 valence electrons. The molecule has 1 aromatic carbocycles. The Kier molecular flexibility index (Phi) is 4.80. The Morgan fingerprint density at radius 1 is 1.00 bits per heavy atom. The standard InChI is InChI=1S/C21H26N4O2S/c26-19(23-10-12-24(13-11-23)21(27)15-7-8-15)14-25-9-3-5-17(25)20-22-16-4-1-2-6-18(16)28-20/h1-2,4,6,15,17H,3,5,7-14H2/t17-/m0/s1. The van der Waals surface area contributed by atoms with Crippen LogP contribution in [-0.4, -0.2) is 70.8 Å². The van der Waals surface area contributed by atoms with Crippen molar-refractivity contribution in [3.05, 3.63) is 29.3 Å². The Hall–Kier alpha value is -1.99. The van der Waals surface area contributed by atoms with Crippen LogP contribution in [0.5, 0.6) is 0 Å². The van der Waals surface area contributed by atoms with Crippen LogP contribution < -0.4 is 0 Å². The fourth-order valence-corrected chi connectivity index (χ4v) is 5.50. The lowest BCUT2D eigenvalue weighted by Gasteiger charge is -2.36. The zero-order valence-electron chi connectivity index (χ0n) is 16.0. The van der Waals surface area contributed by atoms with Crippen LogP contribution in [0.3, 0.4) is 0 Å². The summed E-state index contributed by atoms with van der Waals surface area (Å²) in [5.41, 5.74) is 1.05. The van der Waals surface area contributed by atoms with Gasteiger partial charge in [0, 0.05) is 32.1 Å². The first-order valence-electron chi connectivity index (χ1n) is 10.3. The van der Waals surface area contributed by atoms with Gasteiger partial charge in [-0.15, -0.1) is 11.3 Å². The maximum Gasteiger partial charge on any atom is 0.236 e. The highest BCUT2D eigenvalue weighted by molar-refractivity contribution is 7.18. The van der Waals surface area contributed by atoms with Crippen molar-refractivity contribution in [2.24, 2.45) is 5.92 Å². The van der Waals surface area contributed by atoms with E-state index in [4.69, 9.17) is 4.98 Å². The number of benzene rings is 1. The van der Waals surface area contributed by atoms with Crippen LogP contribution in [0.2, 0.25) is 0 Å². The average Bonchev–Trinajstić information content (AvgIpc) is 3.32. The largest absolute Gasteiger partial charge is 0.339 e. The van der Waals surface area contributed by atoms with Crippen LogP contribution in [0, 0.1) is 5.92 Å². The topological polar surface area (TPSA) is 56.8 Å². The van der Waals surface area contributed by atoms with Crippen molar-refractivity contribution in [1.82, 2.24) is 19.7 Å². The van der Waals surface area contributed by atoms with Gasteiger partial charge >= 0.3 is 0 Å². The van der Waals surface area contributed by atoms with Gasteiger partial charge in [0.15, 0.2) is 0 Å². The Morgan fingerprint density at radius 3 is 2.50 bits per heavy atom. The van der Waals surface area contributed by atoms with Gasteiger partial charge in [-0.05, 0) is 44.4 Å². The molecule has 3 aliphatic rings. The minimum atomic E-state index is 0.187. The first kappa shape index (κ1) is 18.1. The van der Waals surface area contributed by atoms with Crippen molar-refractivity contribution < 1.29 is 9.59 Å². The van der Waals surface area contributed by atoms with E-state index in [0.29, 0.717) is 38.6 Å². The van der Waals surface area contributed by atoms with Crippen molar-refractivity contribution in [3.63, 3.8) is 0 Å². The van der Waals surface area contributed by atoms with Crippen LogP contribution in [0.4, 0.5) is 0 Å². The zero-order valence-corrected chi connectivity index (χ0v) is 16.9. The van der Waals surface area contributed by atoms with Gasteiger partial charge in [0.25, 0.3) is 0 Å². The number of carbonyl (C=O) groups is 2. The highest BCUT2D eigenvalue weighted by Gasteiger charge is 2.36. The second-order valence-electron chi connectivity index (χ2n) is 8.13. The third-order valence-electron chi connectivity index (χ3n) is 6.17. The summed E-state index contributed by atoms with van der Waals surface area (Å²) in [4.78, 5) is 36.1. The van der Waals surface area contributed by atoms with Crippen LogP contribution in [0.15, 0.2) is 24.3 Å². The minimum Gasteiger partial charge on any atom is -0.339 e. The predicted molar refractivity (Wildman–Crippen MR) is 109 cm³/mol. The van der Waals surface area contributed by atoms with Crippen molar-refractivity contribution in [2.75, 3.05) is 39.3 Å². The Labute approximate surface area is 169 Å². The van der Waals surface area contributed by atoms with Crippen molar-refractivity contribution in [3.8, 4) is 0 Å². The molecule has 3 fully saturated rings. The molecular formula is C21H26N4O2S. The van der Waals surface area contributed by atoms with E-state index in [9.17, 15) is 9.59 Å². The molecule has 1 aromatic heterocycles. The lowest BCUT2D eigenvalue weighted by atomic mass is 10.2. The molecule has 28 heavy (non-hydrogen) atoms. The molecular weight excluding hydrogens is 372 g/mol. The molecule has 1 aliphatic carbocycles. The Morgan fingerprint density at radius 2 is 1.75 bits per heavy atom. The molecule has 2 aliphatic heterocycles. The number of likely N-dealkylation sites (tertiary alicyclic amines) is 1. The summed E-state index contributed by atoms with van der Waals surface area (Å²) in [6, 6.07) is 8.49. The summed E-state index contributed by atoms with van der Waals surface area (Å²) >= 11 is 1.75. The highest BCUT2D eigenvalue weighted by Crippen LogP contribution is 2.36. The zero-order chi connectivity index (χ0) is 19.1. The number of fused-ring (bicyclic) bond motifs is 1. The summed E-state index contributed by atoms with van der Waals surface area (Å²) in [7, 11) is 0. The number of amides is 2. The number of rotatable bonds is 4.